The maximum Gasteiger partial charge on any atom is 0.153 e. The summed E-state index contributed by atoms with van der Waals surface area (Å²) in [6, 6.07) is 0. The SMILES string of the molecule is Nc1nc(C2CC2)nc(N2CCCC2)c1Cl. The predicted octanol–water partition coefficient (Wildman–Crippen LogP) is 2.19. The first-order valence-electron chi connectivity index (χ1n) is 5.83. The van der Waals surface area contributed by atoms with Crippen LogP contribution in [0.1, 0.15) is 37.4 Å². The second-order valence-electron chi connectivity index (χ2n) is 4.57. The molecule has 5 heteroatoms. The van der Waals surface area contributed by atoms with Gasteiger partial charge in [0.2, 0.25) is 0 Å². The lowest BCUT2D eigenvalue weighted by atomic mass is 10.3. The maximum absolute atomic E-state index is 6.18. The van der Waals surface area contributed by atoms with Crippen molar-refractivity contribution in [3.8, 4) is 0 Å². The molecule has 1 aliphatic heterocycles. The Hall–Kier alpha value is -1.03. The number of rotatable bonds is 2. The molecule has 1 saturated carbocycles. The summed E-state index contributed by atoms with van der Waals surface area (Å²) in [7, 11) is 0. The summed E-state index contributed by atoms with van der Waals surface area (Å²) >= 11 is 6.18. The van der Waals surface area contributed by atoms with Gasteiger partial charge in [0.25, 0.3) is 0 Å². The van der Waals surface area contributed by atoms with E-state index < -0.39 is 0 Å². The standard InChI is InChI=1S/C11H15ClN4/c12-8-9(13)14-10(7-3-4-7)15-11(8)16-5-1-2-6-16/h7H,1-6H2,(H2,13,14,15). The highest BCUT2D eigenvalue weighted by molar-refractivity contribution is 6.35. The smallest absolute Gasteiger partial charge is 0.153 e. The van der Waals surface area contributed by atoms with E-state index in [1.54, 1.807) is 0 Å². The van der Waals surface area contributed by atoms with E-state index >= 15 is 0 Å². The molecule has 86 valence electrons. The van der Waals surface area contributed by atoms with E-state index in [2.05, 4.69) is 14.9 Å². The summed E-state index contributed by atoms with van der Waals surface area (Å²) in [5.74, 6) is 2.67. The zero-order valence-corrected chi connectivity index (χ0v) is 9.87. The first-order chi connectivity index (χ1) is 7.75. The van der Waals surface area contributed by atoms with Gasteiger partial charge in [-0.3, -0.25) is 0 Å². The third-order valence-corrected chi connectivity index (χ3v) is 3.59. The van der Waals surface area contributed by atoms with Crippen LogP contribution in [-0.4, -0.2) is 23.1 Å². The van der Waals surface area contributed by atoms with Crippen LogP contribution < -0.4 is 10.6 Å². The van der Waals surface area contributed by atoms with Crippen LogP contribution in [0.15, 0.2) is 0 Å². The number of aromatic nitrogens is 2. The van der Waals surface area contributed by atoms with Crippen molar-refractivity contribution in [2.24, 2.45) is 0 Å². The molecule has 2 heterocycles. The summed E-state index contributed by atoms with van der Waals surface area (Å²) in [5, 5.41) is 0.520. The number of hydrogen-bond donors (Lipinski definition) is 1. The Balaban J connectivity index is 2.00. The van der Waals surface area contributed by atoms with Gasteiger partial charge in [-0.1, -0.05) is 11.6 Å². The summed E-state index contributed by atoms with van der Waals surface area (Å²) in [6.07, 6.45) is 4.78. The van der Waals surface area contributed by atoms with Crippen molar-refractivity contribution in [2.75, 3.05) is 23.7 Å². The second-order valence-corrected chi connectivity index (χ2v) is 4.95. The number of nitrogens with two attached hydrogens (primary N) is 1. The molecule has 0 atom stereocenters. The minimum atomic E-state index is 0.431. The average molecular weight is 239 g/mol. The largest absolute Gasteiger partial charge is 0.382 e. The fraction of sp³-hybridized carbons (Fsp3) is 0.636. The Labute approximate surface area is 99.8 Å². The third-order valence-electron chi connectivity index (χ3n) is 3.22. The van der Waals surface area contributed by atoms with Gasteiger partial charge in [-0.25, -0.2) is 9.97 Å². The highest BCUT2D eigenvalue weighted by Crippen LogP contribution is 2.41. The molecule has 0 spiro atoms. The molecule has 1 aromatic heterocycles. The molecule has 1 aromatic rings. The zero-order valence-electron chi connectivity index (χ0n) is 9.12. The van der Waals surface area contributed by atoms with Gasteiger partial charge in [0.1, 0.15) is 16.7 Å². The lowest BCUT2D eigenvalue weighted by Gasteiger charge is -2.19. The first kappa shape index (κ1) is 10.1. The molecular weight excluding hydrogens is 224 g/mol. The van der Waals surface area contributed by atoms with Crippen LogP contribution in [0.2, 0.25) is 5.02 Å². The van der Waals surface area contributed by atoms with Crippen molar-refractivity contribution < 1.29 is 0 Å². The van der Waals surface area contributed by atoms with Crippen LogP contribution in [0, 0.1) is 0 Å². The molecular formula is C11H15ClN4. The number of nitrogen functional groups attached to an aromatic ring is 1. The van der Waals surface area contributed by atoms with Gasteiger partial charge in [-0.2, -0.15) is 0 Å². The molecule has 0 unspecified atom stereocenters. The van der Waals surface area contributed by atoms with E-state index in [9.17, 15) is 0 Å². The van der Waals surface area contributed by atoms with E-state index in [1.165, 1.54) is 25.7 Å². The Morgan fingerprint density at radius 2 is 1.88 bits per heavy atom. The fourth-order valence-electron chi connectivity index (χ4n) is 2.13. The van der Waals surface area contributed by atoms with Gasteiger partial charge >= 0.3 is 0 Å². The molecule has 2 aliphatic rings. The molecule has 16 heavy (non-hydrogen) atoms. The van der Waals surface area contributed by atoms with Crippen LogP contribution >= 0.6 is 11.6 Å². The highest BCUT2D eigenvalue weighted by atomic mass is 35.5. The molecule has 0 aromatic carbocycles. The van der Waals surface area contributed by atoms with Crippen molar-refractivity contribution in [3.63, 3.8) is 0 Å². The third kappa shape index (κ3) is 1.71. The molecule has 2 N–H and O–H groups in total. The molecule has 3 rings (SSSR count). The van der Waals surface area contributed by atoms with Crippen LogP contribution in [0.25, 0.3) is 0 Å². The van der Waals surface area contributed by atoms with Gasteiger partial charge in [-0.05, 0) is 25.7 Å². The number of halogens is 1. The minimum absolute atomic E-state index is 0.431. The van der Waals surface area contributed by atoms with Gasteiger partial charge < -0.3 is 10.6 Å². The minimum Gasteiger partial charge on any atom is -0.382 e. The molecule has 1 aliphatic carbocycles. The van der Waals surface area contributed by atoms with Gasteiger partial charge in [-0.15, -0.1) is 0 Å². The normalized spacial score (nSPS) is 20.4. The second kappa shape index (κ2) is 3.77. The Morgan fingerprint density at radius 1 is 1.19 bits per heavy atom. The van der Waals surface area contributed by atoms with Crippen LogP contribution in [-0.2, 0) is 0 Å². The lowest BCUT2D eigenvalue weighted by Crippen LogP contribution is -2.21. The van der Waals surface area contributed by atoms with E-state index in [0.717, 1.165) is 24.7 Å². The summed E-state index contributed by atoms with van der Waals surface area (Å²) in [4.78, 5) is 11.1. The highest BCUT2D eigenvalue weighted by Gasteiger charge is 2.29. The zero-order chi connectivity index (χ0) is 11.1. The molecule has 2 fully saturated rings. The van der Waals surface area contributed by atoms with Crippen molar-refractivity contribution in [2.45, 2.75) is 31.6 Å². The number of nitrogens with zero attached hydrogens (tertiary/aromatic N) is 3. The van der Waals surface area contributed by atoms with E-state index in [4.69, 9.17) is 17.3 Å². The summed E-state index contributed by atoms with van der Waals surface area (Å²) in [6.45, 7) is 2.06. The Bertz CT molecular complexity index is 411. The van der Waals surface area contributed by atoms with Gasteiger partial charge in [0.15, 0.2) is 5.82 Å². The molecule has 0 bridgehead atoms. The quantitative estimate of drug-likeness (QED) is 0.858. The summed E-state index contributed by atoms with van der Waals surface area (Å²) in [5.41, 5.74) is 5.84. The van der Waals surface area contributed by atoms with E-state index in [0.29, 0.717) is 16.8 Å². The van der Waals surface area contributed by atoms with E-state index in [-0.39, 0.29) is 0 Å². The molecule has 4 nitrogen and oxygen atoms in total. The number of hydrogen-bond acceptors (Lipinski definition) is 4. The van der Waals surface area contributed by atoms with Gasteiger partial charge in [0, 0.05) is 19.0 Å². The van der Waals surface area contributed by atoms with Gasteiger partial charge in [0.05, 0.1) is 0 Å². The first-order valence-corrected chi connectivity index (χ1v) is 6.21. The molecule has 0 amide bonds. The average Bonchev–Trinajstić information content (AvgIpc) is 2.98. The lowest BCUT2D eigenvalue weighted by molar-refractivity contribution is 0.876. The molecule has 0 radical (unpaired) electrons. The molecule has 1 saturated heterocycles. The predicted molar refractivity (Wildman–Crippen MR) is 64.9 cm³/mol. The van der Waals surface area contributed by atoms with Crippen molar-refractivity contribution in [1.29, 1.82) is 0 Å². The van der Waals surface area contributed by atoms with Crippen LogP contribution in [0.3, 0.4) is 0 Å². The summed E-state index contributed by atoms with van der Waals surface area (Å²) < 4.78 is 0. The monoisotopic (exact) mass is 238 g/mol. The fourth-order valence-corrected chi connectivity index (χ4v) is 2.34. The van der Waals surface area contributed by atoms with E-state index in [1.807, 2.05) is 0 Å². The Morgan fingerprint density at radius 3 is 2.50 bits per heavy atom. The van der Waals surface area contributed by atoms with Crippen molar-refractivity contribution in [3.05, 3.63) is 10.8 Å². The van der Waals surface area contributed by atoms with Crippen molar-refractivity contribution >= 4 is 23.2 Å². The topological polar surface area (TPSA) is 55.0 Å². The van der Waals surface area contributed by atoms with Crippen LogP contribution in [0.4, 0.5) is 11.6 Å². The Kier molecular flexibility index (Phi) is 2.39. The van der Waals surface area contributed by atoms with Crippen molar-refractivity contribution in [1.82, 2.24) is 9.97 Å². The van der Waals surface area contributed by atoms with Crippen LogP contribution in [0.5, 0.6) is 0 Å². The number of anilines is 2. The maximum atomic E-state index is 6.18.